The zero-order chi connectivity index (χ0) is 16.7. The van der Waals surface area contributed by atoms with Crippen molar-refractivity contribution in [2.45, 2.75) is 42.2 Å². The molecule has 3 heterocycles. The van der Waals surface area contributed by atoms with Crippen molar-refractivity contribution in [3.63, 3.8) is 0 Å². The van der Waals surface area contributed by atoms with Crippen molar-refractivity contribution in [3.8, 4) is 0 Å². The number of thioether (sulfide) groups is 1. The van der Waals surface area contributed by atoms with E-state index >= 15 is 0 Å². The van der Waals surface area contributed by atoms with Crippen LogP contribution < -0.4 is 0 Å². The maximum absolute atomic E-state index is 13.0. The molecular weight excluding hydrogens is 320 g/mol. The van der Waals surface area contributed by atoms with Gasteiger partial charge in [0.1, 0.15) is 12.2 Å². The minimum Gasteiger partial charge on any atom is -0.341 e. The van der Waals surface area contributed by atoms with Gasteiger partial charge in [0.2, 0.25) is 5.91 Å². The topological polar surface area (TPSA) is 51.0 Å². The Morgan fingerprint density at radius 1 is 1.38 bits per heavy atom. The van der Waals surface area contributed by atoms with E-state index in [1.54, 1.807) is 18.1 Å². The third-order valence-electron chi connectivity index (χ3n) is 5.02. The lowest BCUT2D eigenvalue weighted by Gasteiger charge is -2.33. The van der Waals surface area contributed by atoms with Gasteiger partial charge in [-0.1, -0.05) is 17.7 Å². The summed E-state index contributed by atoms with van der Waals surface area (Å²) in [5.74, 6) is 1.57. The zero-order valence-electron chi connectivity index (χ0n) is 14.1. The lowest BCUT2D eigenvalue weighted by Crippen LogP contribution is -2.43. The quantitative estimate of drug-likeness (QED) is 0.842. The highest BCUT2D eigenvalue weighted by Gasteiger charge is 2.34. The predicted octanol–water partition coefficient (Wildman–Crippen LogP) is 2.55. The molecule has 2 atom stereocenters. The van der Waals surface area contributed by atoms with E-state index in [1.807, 2.05) is 16.5 Å². The number of benzene rings is 1. The van der Waals surface area contributed by atoms with Gasteiger partial charge in [-0.2, -0.15) is 0 Å². The molecule has 2 aromatic rings. The van der Waals surface area contributed by atoms with Gasteiger partial charge in [-0.3, -0.25) is 4.79 Å². The van der Waals surface area contributed by atoms with Crippen molar-refractivity contribution in [1.29, 1.82) is 0 Å². The predicted molar refractivity (Wildman–Crippen MR) is 94.1 cm³/mol. The summed E-state index contributed by atoms with van der Waals surface area (Å²) in [5.41, 5.74) is 2.57. The van der Waals surface area contributed by atoms with Crippen molar-refractivity contribution in [3.05, 3.63) is 41.5 Å². The van der Waals surface area contributed by atoms with E-state index in [0.29, 0.717) is 5.92 Å². The van der Waals surface area contributed by atoms with Gasteiger partial charge in [0, 0.05) is 31.0 Å². The Bertz CT molecular complexity index is 772. The van der Waals surface area contributed by atoms with E-state index in [2.05, 4.69) is 35.3 Å². The Morgan fingerprint density at radius 2 is 2.25 bits per heavy atom. The van der Waals surface area contributed by atoms with Crippen LogP contribution in [0.4, 0.5) is 0 Å². The van der Waals surface area contributed by atoms with Gasteiger partial charge in [0.25, 0.3) is 0 Å². The minimum atomic E-state index is 0.0278. The van der Waals surface area contributed by atoms with Gasteiger partial charge in [-0.15, -0.1) is 22.0 Å². The second kappa shape index (κ2) is 6.24. The number of rotatable bonds is 2. The molecule has 1 amide bonds. The van der Waals surface area contributed by atoms with Crippen molar-refractivity contribution >= 4 is 17.7 Å². The molecule has 5 nitrogen and oxygen atoms in total. The first-order valence-electron chi connectivity index (χ1n) is 8.50. The number of likely N-dealkylation sites (tertiary alicyclic amines) is 1. The standard InChI is InChI=1S/C18H22N4OS/c1-12-5-6-13-9-16(24-15(13)8-12)18(23)22-7-3-4-14(10-22)17-20-19-11-21(17)2/h5-6,8,11,14,16H,3-4,7,9-10H2,1-2H3/t14-,16-/m1/s1. The summed E-state index contributed by atoms with van der Waals surface area (Å²) in [4.78, 5) is 16.3. The van der Waals surface area contributed by atoms with Crippen molar-refractivity contribution < 1.29 is 4.79 Å². The molecule has 2 aliphatic rings. The molecule has 2 aliphatic heterocycles. The normalized spacial score (nSPS) is 23.3. The fourth-order valence-corrected chi connectivity index (χ4v) is 5.10. The van der Waals surface area contributed by atoms with Gasteiger partial charge in [0.05, 0.1) is 5.25 Å². The average molecular weight is 342 g/mol. The number of fused-ring (bicyclic) bond motifs is 1. The minimum absolute atomic E-state index is 0.0278. The molecule has 0 radical (unpaired) electrons. The van der Waals surface area contributed by atoms with Crippen molar-refractivity contribution in [2.75, 3.05) is 13.1 Å². The Morgan fingerprint density at radius 3 is 3.04 bits per heavy atom. The average Bonchev–Trinajstić information content (AvgIpc) is 3.20. The maximum atomic E-state index is 13.0. The van der Waals surface area contributed by atoms with Crippen LogP contribution in [0.25, 0.3) is 0 Å². The molecule has 1 aromatic heterocycles. The fraction of sp³-hybridized carbons (Fsp3) is 0.500. The molecule has 0 unspecified atom stereocenters. The van der Waals surface area contributed by atoms with Crippen LogP contribution in [0.15, 0.2) is 29.4 Å². The molecule has 0 aliphatic carbocycles. The molecular formula is C18H22N4OS. The Balaban J connectivity index is 1.46. The lowest BCUT2D eigenvalue weighted by atomic mass is 9.96. The van der Waals surface area contributed by atoms with Crippen molar-refractivity contribution in [1.82, 2.24) is 19.7 Å². The zero-order valence-corrected chi connectivity index (χ0v) is 14.9. The number of aromatic nitrogens is 3. The van der Waals surface area contributed by atoms with E-state index < -0.39 is 0 Å². The largest absolute Gasteiger partial charge is 0.341 e. The third kappa shape index (κ3) is 2.83. The van der Waals surface area contributed by atoms with E-state index in [1.165, 1.54) is 16.0 Å². The number of hydrogen-bond acceptors (Lipinski definition) is 4. The molecule has 0 spiro atoms. The van der Waals surface area contributed by atoms with Crippen LogP contribution in [0.5, 0.6) is 0 Å². The first kappa shape index (κ1) is 15.7. The number of aryl methyl sites for hydroxylation is 2. The Hall–Kier alpha value is -1.82. The second-order valence-electron chi connectivity index (χ2n) is 6.85. The summed E-state index contributed by atoms with van der Waals surface area (Å²) in [6.45, 7) is 3.73. The van der Waals surface area contributed by atoms with Gasteiger partial charge in [-0.25, -0.2) is 0 Å². The van der Waals surface area contributed by atoms with Crippen LogP contribution in [0, 0.1) is 6.92 Å². The van der Waals surface area contributed by atoms with E-state index in [4.69, 9.17) is 0 Å². The van der Waals surface area contributed by atoms with E-state index in [-0.39, 0.29) is 11.2 Å². The highest BCUT2D eigenvalue weighted by atomic mass is 32.2. The van der Waals surface area contributed by atoms with Crippen LogP contribution in [0.2, 0.25) is 0 Å². The number of carbonyl (C=O) groups excluding carboxylic acids is 1. The fourth-order valence-electron chi connectivity index (χ4n) is 3.73. The lowest BCUT2D eigenvalue weighted by molar-refractivity contribution is -0.131. The number of amides is 1. The van der Waals surface area contributed by atoms with E-state index in [9.17, 15) is 4.79 Å². The highest BCUT2D eigenvalue weighted by Crippen LogP contribution is 2.39. The molecule has 0 bridgehead atoms. The summed E-state index contributed by atoms with van der Waals surface area (Å²) in [7, 11) is 1.97. The number of nitrogens with zero attached hydrogens (tertiary/aromatic N) is 4. The van der Waals surface area contributed by atoms with Crippen LogP contribution in [0.3, 0.4) is 0 Å². The van der Waals surface area contributed by atoms with Gasteiger partial charge in [0.15, 0.2) is 0 Å². The number of piperidine rings is 1. The summed E-state index contributed by atoms with van der Waals surface area (Å²) in [6, 6.07) is 6.51. The van der Waals surface area contributed by atoms with Gasteiger partial charge in [-0.05, 0) is 37.8 Å². The molecule has 6 heteroatoms. The second-order valence-corrected chi connectivity index (χ2v) is 8.09. The van der Waals surface area contributed by atoms with Crippen molar-refractivity contribution in [2.24, 2.45) is 7.05 Å². The monoisotopic (exact) mass is 342 g/mol. The number of hydrogen-bond donors (Lipinski definition) is 0. The molecule has 0 saturated carbocycles. The summed E-state index contributed by atoms with van der Waals surface area (Å²) in [6.07, 6.45) is 4.70. The molecule has 1 saturated heterocycles. The molecule has 126 valence electrons. The van der Waals surface area contributed by atoms with E-state index in [0.717, 1.165) is 38.2 Å². The Labute approximate surface area is 146 Å². The first-order valence-corrected chi connectivity index (χ1v) is 9.38. The first-order chi connectivity index (χ1) is 11.6. The molecule has 0 N–H and O–H groups in total. The van der Waals surface area contributed by atoms with Crippen LogP contribution in [-0.4, -0.2) is 43.9 Å². The third-order valence-corrected chi connectivity index (χ3v) is 6.30. The molecule has 24 heavy (non-hydrogen) atoms. The smallest absolute Gasteiger partial charge is 0.236 e. The molecule has 1 fully saturated rings. The van der Waals surface area contributed by atoms with Gasteiger partial charge >= 0.3 is 0 Å². The van der Waals surface area contributed by atoms with Gasteiger partial charge < -0.3 is 9.47 Å². The maximum Gasteiger partial charge on any atom is 0.236 e. The highest BCUT2D eigenvalue weighted by molar-refractivity contribution is 8.01. The summed E-state index contributed by atoms with van der Waals surface area (Å²) >= 11 is 1.73. The SMILES string of the molecule is Cc1ccc2c(c1)S[C@@H](C(=O)N1CCC[C@@H](c3nncn3C)C1)C2. The number of carbonyl (C=O) groups is 1. The van der Waals surface area contributed by atoms with Crippen LogP contribution in [0.1, 0.15) is 35.7 Å². The molecule has 4 rings (SSSR count). The summed E-state index contributed by atoms with van der Waals surface area (Å²) < 4.78 is 1.97. The summed E-state index contributed by atoms with van der Waals surface area (Å²) in [5, 5.41) is 8.26. The molecule has 1 aromatic carbocycles. The Kier molecular flexibility index (Phi) is 4.08. The van der Waals surface area contributed by atoms with Crippen LogP contribution >= 0.6 is 11.8 Å². The van der Waals surface area contributed by atoms with Crippen LogP contribution in [-0.2, 0) is 18.3 Å².